The van der Waals surface area contributed by atoms with Crippen LogP contribution in [0.15, 0.2) is 71.7 Å². The second-order valence-electron chi connectivity index (χ2n) is 5.07. The summed E-state index contributed by atoms with van der Waals surface area (Å²) in [6, 6.07) is 11.8. The van der Waals surface area contributed by atoms with E-state index < -0.39 is 5.95 Å². The van der Waals surface area contributed by atoms with E-state index in [2.05, 4.69) is 21.9 Å². The Balaban J connectivity index is 0.00000208. The molecule has 2 aromatic heterocycles. The molecule has 1 aromatic carbocycles. The zero-order valence-electron chi connectivity index (χ0n) is 13.0. The van der Waals surface area contributed by atoms with Crippen LogP contribution in [0, 0.1) is 0 Å². The third-order valence-electron chi connectivity index (χ3n) is 3.30. The first-order chi connectivity index (χ1) is 11.2. The maximum atomic E-state index is 11.0. The molecule has 0 radical (unpaired) electrons. The number of pyridine rings is 1. The van der Waals surface area contributed by atoms with E-state index in [-0.39, 0.29) is 24.0 Å². The molecule has 0 fully saturated rings. The molecule has 0 atom stereocenters. The number of aryl methyl sites for hydroxylation is 1. The summed E-state index contributed by atoms with van der Waals surface area (Å²) in [6.45, 7) is 0. The molecule has 0 aliphatic heterocycles. The molecule has 0 spiro atoms. The van der Waals surface area contributed by atoms with Gasteiger partial charge < -0.3 is 33.6 Å². The second kappa shape index (κ2) is 8.39. The molecule has 6 heteroatoms. The molecule has 0 saturated heterocycles. The van der Waals surface area contributed by atoms with E-state index in [1.165, 1.54) is 10.9 Å². The summed E-state index contributed by atoms with van der Waals surface area (Å²) in [4.78, 5) is 0. The first-order valence-electron chi connectivity index (χ1n) is 7.17. The average molecular weight is 433 g/mol. The minimum atomic E-state index is -0.464. The van der Waals surface area contributed by atoms with E-state index in [1.54, 1.807) is 0 Å². The summed E-state index contributed by atoms with van der Waals surface area (Å²) in [7, 11) is 1.99. The minimum absolute atomic E-state index is 0. The van der Waals surface area contributed by atoms with Gasteiger partial charge in [-0.15, -0.1) is 0 Å². The maximum absolute atomic E-state index is 11.0. The van der Waals surface area contributed by atoms with Crippen molar-refractivity contribution in [3.63, 3.8) is 0 Å². The van der Waals surface area contributed by atoms with Crippen LogP contribution in [-0.2, 0) is 7.05 Å². The quantitative estimate of drug-likeness (QED) is 0.289. The van der Waals surface area contributed by atoms with Crippen LogP contribution in [0.3, 0.4) is 0 Å². The van der Waals surface area contributed by atoms with Crippen molar-refractivity contribution in [2.75, 3.05) is 0 Å². The summed E-state index contributed by atoms with van der Waals surface area (Å²) >= 11 is 0. The molecule has 0 saturated carbocycles. The number of rotatable bonds is 4. The highest BCUT2D eigenvalue weighted by Crippen LogP contribution is 2.07. The Labute approximate surface area is 157 Å². The third kappa shape index (κ3) is 4.76. The standard InChI is InChI=1S/C18H16N3O2.HI/c1-20-12-10-16(11-13-20)5-3-2-4-15-6-8-17(9-7-15)21-14-18(22)23-19-21;/h2-14H,1H3;1H/q+1;/p-1/b4-2+,5-3+;. The van der Waals surface area contributed by atoms with Gasteiger partial charge in [0.05, 0.1) is 5.27 Å². The summed E-state index contributed by atoms with van der Waals surface area (Å²) in [5.41, 5.74) is 2.99. The van der Waals surface area contributed by atoms with Crippen LogP contribution < -0.4 is 38.3 Å². The molecule has 122 valence electrons. The number of allylic oxidation sites excluding steroid dienone is 2. The van der Waals surface area contributed by atoms with Crippen LogP contribution in [0.25, 0.3) is 17.8 Å². The Kier molecular flexibility index (Phi) is 6.25. The van der Waals surface area contributed by atoms with Gasteiger partial charge in [0, 0.05) is 24.3 Å². The van der Waals surface area contributed by atoms with E-state index >= 15 is 0 Å². The molecule has 0 aliphatic carbocycles. The van der Waals surface area contributed by atoms with Gasteiger partial charge in [0.2, 0.25) is 11.9 Å². The predicted octanol–water partition coefficient (Wildman–Crippen LogP) is -1.42. The summed E-state index contributed by atoms with van der Waals surface area (Å²) in [5, 5.41) is 14.6. The lowest BCUT2D eigenvalue weighted by Crippen LogP contribution is -3.00. The smallest absolute Gasteiger partial charge is 0.239 e. The lowest BCUT2D eigenvalue weighted by Gasteiger charge is -1.92. The zero-order valence-corrected chi connectivity index (χ0v) is 15.2. The van der Waals surface area contributed by atoms with Crippen molar-refractivity contribution in [2.45, 2.75) is 0 Å². The van der Waals surface area contributed by atoms with Gasteiger partial charge in [0.1, 0.15) is 13.0 Å². The van der Waals surface area contributed by atoms with Crippen molar-refractivity contribution in [3.05, 3.63) is 78.3 Å². The van der Waals surface area contributed by atoms with Gasteiger partial charge in [-0.3, -0.25) is 0 Å². The predicted molar refractivity (Wildman–Crippen MR) is 83.2 cm³/mol. The largest absolute Gasteiger partial charge is 1.00 e. The van der Waals surface area contributed by atoms with Crippen molar-refractivity contribution < 1.29 is 42.9 Å². The Morgan fingerprint density at radius 1 is 0.958 bits per heavy atom. The van der Waals surface area contributed by atoms with Gasteiger partial charge in [0.25, 0.3) is 0 Å². The lowest BCUT2D eigenvalue weighted by atomic mass is 10.2. The highest BCUT2D eigenvalue weighted by atomic mass is 127. The highest BCUT2D eigenvalue weighted by Gasteiger charge is 2.07. The van der Waals surface area contributed by atoms with Crippen LogP contribution in [0.4, 0.5) is 0 Å². The van der Waals surface area contributed by atoms with E-state index in [0.717, 1.165) is 16.8 Å². The van der Waals surface area contributed by atoms with E-state index in [4.69, 9.17) is 0 Å². The number of halogens is 1. The monoisotopic (exact) mass is 433 g/mol. The Hall–Kier alpha value is -2.48. The molecule has 0 bridgehead atoms. The molecule has 3 rings (SSSR count). The molecule has 0 amide bonds. The van der Waals surface area contributed by atoms with Crippen LogP contribution in [-0.4, -0.2) is 5.27 Å². The molecule has 5 nitrogen and oxygen atoms in total. The number of hydrogen-bond acceptors (Lipinski definition) is 3. The Bertz CT molecular complexity index is 837. The lowest BCUT2D eigenvalue weighted by molar-refractivity contribution is -0.671. The number of benzene rings is 1. The summed E-state index contributed by atoms with van der Waals surface area (Å²) in [5.74, 6) is -0.464. The van der Waals surface area contributed by atoms with Crippen molar-refractivity contribution in [1.29, 1.82) is 0 Å². The van der Waals surface area contributed by atoms with E-state index in [1.807, 2.05) is 72.6 Å². The molecule has 0 unspecified atom stereocenters. The first-order valence-corrected chi connectivity index (χ1v) is 7.17. The highest BCUT2D eigenvalue weighted by molar-refractivity contribution is 5.57. The topological polar surface area (TPSA) is 56.9 Å². The molecule has 0 aliphatic rings. The third-order valence-corrected chi connectivity index (χ3v) is 3.30. The fourth-order valence-corrected chi connectivity index (χ4v) is 2.05. The number of nitrogens with zero attached hydrogens (tertiary/aromatic N) is 3. The summed E-state index contributed by atoms with van der Waals surface area (Å²) < 4.78 is 7.92. The minimum Gasteiger partial charge on any atom is -1.00 e. The van der Waals surface area contributed by atoms with Crippen LogP contribution in [0.1, 0.15) is 11.1 Å². The normalized spacial score (nSPS) is 11.0. The maximum Gasteiger partial charge on any atom is 0.239 e. The van der Waals surface area contributed by atoms with Crippen LogP contribution in [0.5, 0.6) is 5.95 Å². The van der Waals surface area contributed by atoms with Gasteiger partial charge in [-0.1, -0.05) is 24.3 Å². The fourth-order valence-electron chi connectivity index (χ4n) is 2.05. The fraction of sp³-hybridized carbons (Fsp3) is 0.0556. The first kappa shape index (κ1) is 17.9. The van der Waals surface area contributed by atoms with Gasteiger partial charge in [-0.25, -0.2) is 4.57 Å². The van der Waals surface area contributed by atoms with Gasteiger partial charge in [-0.05, 0) is 27.9 Å². The van der Waals surface area contributed by atoms with Gasteiger partial charge >= 0.3 is 0 Å². The number of hydrogen-bond donors (Lipinski definition) is 0. The Morgan fingerprint density at radius 2 is 1.54 bits per heavy atom. The molecule has 3 aromatic rings. The van der Waals surface area contributed by atoms with E-state index in [0.29, 0.717) is 0 Å². The van der Waals surface area contributed by atoms with Crippen molar-refractivity contribution in [3.8, 4) is 11.6 Å². The summed E-state index contributed by atoms with van der Waals surface area (Å²) in [6.07, 6.45) is 13.4. The van der Waals surface area contributed by atoms with Gasteiger partial charge in [0.15, 0.2) is 12.4 Å². The molecule has 24 heavy (non-hydrogen) atoms. The average Bonchev–Trinajstić information content (AvgIpc) is 3.00. The number of aromatic nitrogens is 3. The SMILES string of the molecule is C[n+]1ccc(/C=C/C=C/c2ccc(-[n+]3cc([O-])on3)cc2)cc1.[I-]. The van der Waals surface area contributed by atoms with Gasteiger partial charge in [-0.2, -0.15) is 0 Å². The molecule has 0 N–H and O–H groups in total. The van der Waals surface area contributed by atoms with E-state index in [9.17, 15) is 5.11 Å². The second-order valence-corrected chi connectivity index (χ2v) is 5.07. The van der Waals surface area contributed by atoms with Crippen LogP contribution in [0.2, 0.25) is 0 Å². The van der Waals surface area contributed by atoms with Crippen molar-refractivity contribution >= 4 is 12.2 Å². The Morgan fingerprint density at radius 3 is 2.08 bits per heavy atom. The molecular formula is C18H16IN3O2. The van der Waals surface area contributed by atoms with Crippen molar-refractivity contribution in [1.82, 2.24) is 5.27 Å². The van der Waals surface area contributed by atoms with Crippen LogP contribution >= 0.6 is 0 Å². The van der Waals surface area contributed by atoms with Crippen molar-refractivity contribution in [2.24, 2.45) is 7.05 Å². The molecule has 2 heterocycles. The zero-order chi connectivity index (χ0) is 16.1. The molecular weight excluding hydrogens is 417 g/mol.